The molecule has 6 nitrogen and oxygen atoms in total. The molecule has 0 radical (unpaired) electrons. The summed E-state index contributed by atoms with van der Waals surface area (Å²) in [5.41, 5.74) is 1.77. The molecule has 1 aliphatic rings. The van der Waals surface area contributed by atoms with E-state index in [1.165, 1.54) is 8.61 Å². The minimum Gasteiger partial charge on any atom is -0.478 e. The molecule has 0 spiro atoms. The first-order valence-electron chi connectivity index (χ1n) is 6.82. The monoisotopic (exact) mass is 312 g/mol. The van der Waals surface area contributed by atoms with E-state index in [-0.39, 0.29) is 18.2 Å². The molecule has 116 valence electrons. The van der Waals surface area contributed by atoms with Crippen molar-refractivity contribution in [3.05, 3.63) is 34.9 Å². The molecule has 1 N–H and O–H groups in total. The van der Waals surface area contributed by atoms with E-state index in [4.69, 9.17) is 0 Å². The molecule has 2 rings (SSSR count). The molecule has 0 fully saturated rings. The van der Waals surface area contributed by atoms with Gasteiger partial charge in [0.2, 0.25) is 0 Å². The van der Waals surface area contributed by atoms with E-state index < -0.39 is 16.2 Å². The van der Waals surface area contributed by atoms with Gasteiger partial charge in [-0.2, -0.15) is 17.0 Å². The topological polar surface area (TPSA) is 77.9 Å². The van der Waals surface area contributed by atoms with Gasteiger partial charge in [0, 0.05) is 26.2 Å². The predicted molar refractivity (Wildman–Crippen MR) is 79.3 cm³/mol. The molecule has 21 heavy (non-hydrogen) atoms. The van der Waals surface area contributed by atoms with Crippen LogP contribution in [0.3, 0.4) is 0 Å². The second-order valence-corrected chi connectivity index (χ2v) is 7.44. The van der Waals surface area contributed by atoms with Gasteiger partial charge in [-0.1, -0.05) is 12.1 Å². The summed E-state index contributed by atoms with van der Waals surface area (Å²) in [6.07, 6.45) is 0.420. The first kappa shape index (κ1) is 15.9. The van der Waals surface area contributed by atoms with Crippen LogP contribution in [0.4, 0.5) is 0 Å². The minimum absolute atomic E-state index is 0.123. The quantitative estimate of drug-likeness (QED) is 0.910. The number of nitrogens with zero attached hydrogens (tertiary/aromatic N) is 2. The molecule has 1 heterocycles. The number of fused-ring (bicyclic) bond motifs is 1. The number of carboxylic acid groups (broad SMARTS) is 1. The molecule has 0 saturated carbocycles. The molecule has 1 aromatic carbocycles. The molecule has 0 unspecified atom stereocenters. The number of hydrogen-bond donors (Lipinski definition) is 1. The highest BCUT2D eigenvalue weighted by Crippen LogP contribution is 2.25. The van der Waals surface area contributed by atoms with Crippen molar-refractivity contribution >= 4 is 16.2 Å². The van der Waals surface area contributed by atoms with Gasteiger partial charge in [0.1, 0.15) is 0 Å². The van der Waals surface area contributed by atoms with Crippen LogP contribution >= 0.6 is 0 Å². The molecule has 0 amide bonds. The van der Waals surface area contributed by atoms with Gasteiger partial charge in [0.25, 0.3) is 10.2 Å². The van der Waals surface area contributed by atoms with Crippen LogP contribution < -0.4 is 0 Å². The molecular weight excluding hydrogens is 292 g/mol. The van der Waals surface area contributed by atoms with Crippen molar-refractivity contribution in [2.45, 2.75) is 32.9 Å². The van der Waals surface area contributed by atoms with Crippen molar-refractivity contribution in [1.29, 1.82) is 0 Å². The van der Waals surface area contributed by atoms with Crippen LogP contribution in [0.15, 0.2) is 18.2 Å². The minimum atomic E-state index is -3.52. The van der Waals surface area contributed by atoms with Crippen LogP contribution in [0.1, 0.15) is 35.3 Å². The SMILES string of the molecule is CC(C)N(C)S(=O)(=O)N1CCc2c(cccc2C(=O)O)C1. The zero-order chi connectivity index (χ0) is 15.8. The summed E-state index contributed by atoms with van der Waals surface area (Å²) in [5.74, 6) is -0.970. The highest BCUT2D eigenvalue weighted by molar-refractivity contribution is 7.86. The normalized spacial score (nSPS) is 16.2. The van der Waals surface area contributed by atoms with E-state index in [2.05, 4.69) is 0 Å². The predicted octanol–water partition coefficient (Wildman–Crippen LogP) is 1.33. The Morgan fingerprint density at radius 3 is 2.62 bits per heavy atom. The zero-order valence-electron chi connectivity index (χ0n) is 12.4. The lowest BCUT2D eigenvalue weighted by Gasteiger charge is -2.33. The molecule has 1 aliphatic heterocycles. The smallest absolute Gasteiger partial charge is 0.335 e. The summed E-state index contributed by atoms with van der Waals surface area (Å²) >= 11 is 0. The van der Waals surface area contributed by atoms with Crippen LogP contribution in [0, 0.1) is 0 Å². The Hall–Kier alpha value is -1.44. The molecule has 0 aliphatic carbocycles. The Labute approximate surface area is 125 Å². The van der Waals surface area contributed by atoms with Crippen LogP contribution in [0.5, 0.6) is 0 Å². The number of carbonyl (C=O) groups is 1. The van der Waals surface area contributed by atoms with Crippen LogP contribution in [0.2, 0.25) is 0 Å². The van der Waals surface area contributed by atoms with Crippen molar-refractivity contribution in [3.8, 4) is 0 Å². The number of hydrogen-bond acceptors (Lipinski definition) is 3. The Kier molecular flexibility index (Phi) is 4.36. The average molecular weight is 312 g/mol. The fourth-order valence-electron chi connectivity index (χ4n) is 2.43. The first-order chi connectivity index (χ1) is 9.75. The van der Waals surface area contributed by atoms with Crippen molar-refractivity contribution < 1.29 is 18.3 Å². The van der Waals surface area contributed by atoms with Gasteiger partial charge in [0.05, 0.1) is 5.56 Å². The lowest BCUT2D eigenvalue weighted by Crippen LogP contribution is -2.46. The number of benzene rings is 1. The van der Waals surface area contributed by atoms with Crippen LogP contribution in [0.25, 0.3) is 0 Å². The van der Waals surface area contributed by atoms with E-state index in [1.807, 2.05) is 13.8 Å². The standard InChI is InChI=1S/C14H20N2O4S/c1-10(2)15(3)21(19,20)16-8-7-12-11(9-16)5-4-6-13(12)14(17)18/h4-6,10H,7-9H2,1-3H3,(H,17,18). The van der Waals surface area contributed by atoms with Gasteiger partial charge in [-0.25, -0.2) is 4.79 Å². The molecule has 7 heteroatoms. The molecule has 0 saturated heterocycles. The maximum Gasteiger partial charge on any atom is 0.335 e. The average Bonchev–Trinajstić information content (AvgIpc) is 2.44. The number of aromatic carboxylic acids is 1. The summed E-state index contributed by atoms with van der Waals surface area (Å²) < 4.78 is 27.7. The lowest BCUT2D eigenvalue weighted by atomic mass is 9.95. The summed E-state index contributed by atoms with van der Waals surface area (Å²) in [7, 11) is -1.96. The van der Waals surface area contributed by atoms with E-state index in [0.717, 1.165) is 11.1 Å². The maximum absolute atomic E-state index is 12.5. The largest absolute Gasteiger partial charge is 0.478 e. The third kappa shape index (κ3) is 2.95. The Morgan fingerprint density at radius 1 is 1.38 bits per heavy atom. The second kappa shape index (κ2) is 5.75. The van der Waals surface area contributed by atoms with Gasteiger partial charge in [-0.3, -0.25) is 0 Å². The van der Waals surface area contributed by atoms with Gasteiger partial charge < -0.3 is 5.11 Å². The zero-order valence-corrected chi connectivity index (χ0v) is 13.2. The Balaban J connectivity index is 2.33. The highest BCUT2D eigenvalue weighted by atomic mass is 32.2. The van der Waals surface area contributed by atoms with Gasteiger partial charge >= 0.3 is 5.97 Å². The van der Waals surface area contributed by atoms with Crippen molar-refractivity contribution in [2.24, 2.45) is 0 Å². The third-order valence-electron chi connectivity index (χ3n) is 3.88. The molecular formula is C14H20N2O4S. The van der Waals surface area contributed by atoms with Gasteiger partial charge in [0.15, 0.2) is 0 Å². The van der Waals surface area contributed by atoms with E-state index in [9.17, 15) is 18.3 Å². The number of rotatable bonds is 4. The summed E-state index contributed by atoms with van der Waals surface area (Å²) in [6, 6.07) is 4.89. The summed E-state index contributed by atoms with van der Waals surface area (Å²) in [6.45, 7) is 4.16. The Morgan fingerprint density at radius 2 is 2.05 bits per heavy atom. The fourth-order valence-corrected chi connectivity index (χ4v) is 3.95. The highest BCUT2D eigenvalue weighted by Gasteiger charge is 2.32. The summed E-state index contributed by atoms with van der Waals surface area (Å²) in [5, 5.41) is 9.19. The van der Waals surface area contributed by atoms with Crippen molar-refractivity contribution in [1.82, 2.24) is 8.61 Å². The van der Waals surface area contributed by atoms with E-state index in [0.29, 0.717) is 13.0 Å². The second-order valence-electron chi connectivity index (χ2n) is 5.45. The van der Waals surface area contributed by atoms with Gasteiger partial charge in [-0.15, -0.1) is 0 Å². The van der Waals surface area contributed by atoms with E-state index >= 15 is 0 Å². The lowest BCUT2D eigenvalue weighted by molar-refractivity contribution is 0.0695. The first-order valence-corrected chi connectivity index (χ1v) is 8.22. The van der Waals surface area contributed by atoms with Crippen molar-refractivity contribution in [2.75, 3.05) is 13.6 Å². The van der Waals surface area contributed by atoms with Crippen molar-refractivity contribution in [3.63, 3.8) is 0 Å². The molecule has 0 atom stereocenters. The Bertz CT molecular complexity index is 655. The number of carboxylic acids is 1. The fraction of sp³-hybridized carbons (Fsp3) is 0.500. The molecule has 0 aromatic heterocycles. The summed E-state index contributed by atoms with van der Waals surface area (Å²) in [4.78, 5) is 11.2. The van der Waals surface area contributed by atoms with E-state index in [1.54, 1.807) is 25.2 Å². The third-order valence-corrected chi connectivity index (χ3v) is 5.99. The van der Waals surface area contributed by atoms with Gasteiger partial charge in [-0.05, 0) is 37.5 Å². The maximum atomic E-state index is 12.5. The van der Waals surface area contributed by atoms with Crippen LogP contribution in [-0.2, 0) is 23.2 Å². The van der Waals surface area contributed by atoms with Crippen LogP contribution in [-0.4, -0.2) is 47.7 Å². The molecule has 1 aromatic rings. The molecule has 0 bridgehead atoms.